The molecule has 1 N–H and O–H groups in total. The van der Waals surface area contributed by atoms with Gasteiger partial charge >= 0.3 is 6.18 Å². The molecule has 1 aromatic heterocycles. The van der Waals surface area contributed by atoms with Crippen molar-refractivity contribution >= 4 is 5.91 Å². The van der Waals surface area contributed by atoms with Crippen LogP contribution in [0.15, 0.2) is 42.7 Å². The van der Waals surface area contributed by atoms with Crippen molar-refractivity contribution in [1.29, 1.82) is 5.26 Å². The smallest absolute Gasteiger partial charge is 0.416 e. The maximum atomic E-state index is 12.9. The number of amides is 1. The second-order valence-electron chi connectivity index (χ2n) is 4.70. The Bertz CT molecular complexity index is 770. The zero-order valence-corrected chi connectivity index (χ0v) is 12.3. The fourth-order valence-corrected chi connectivity index (χ4v) is 1.93. The Morgan fingerprint density at radius 3 is 2.75 bits per heavy atom. The highest BCUT2D eigenvalue weighted by atomic mass is 19.4. The summed E-state index contributed by atoms with van der Waals surface area (Å²) in [7, 11) is 0. The van der Waals surface area contributed by atoms with Crippen LogP contribution in [0.4, 0.5) is 13.2 Å². The Kier molecular flexibility index (Phi) is 5.37. The van der Waals surface area contributed by atoms with Crippen LogP contribution in [0.5, 0.6) is 5.75 Å². The van der Waals surface area contributed by atoms with Gasteiger partial charge in [-0.1, -0.05) is 18.2 Å². The molecule has 0 aliphatic carbocycles. The average Bonchev–Trinajstić information content (AvgIpc) is 2.57. The maximum Gasteiger partial charge on any atom is 0.416 e. The first-order valence-electron chi connectivity index (χ1n) is 6.80. The van der Waals surface area contributed by atoms with Crippen LogP contribution in [0.25, 0.3) is 0 Å². The number of halogens is 3. The predicted molar refractivity (Wildman–Crippen MR) is 77.7 cm³/mol. The van der Waals surface area contributed by atoms with Crippen molar-refractivity contribution in [3.8, 4) is 11.8 Å². The summed E-state index contributed by atoms with van der Waals surface area (Å²) in [5.41, 5.74) is -0.681. The molecule has 2 aromatic rings. The van der Waals surface area contributed by atoms with E-state index in [1.807, 2.05) is 6.07 Å². The standard InChI is InChI=1S/C16H12F3N3O2/c17-16(18,19)13-4-2-1-3-11(13)9-22-15(23)10-24-14-5-6-21-8-12(14)7-20/h1-6,8H,9-10H2,(H,22,23). The number of rotatable bonds is 5. The van der Waals surface area contributed by atoms with E-state index in [1.54, 1.807) is 0 Å². The van der Waals surface area contributed by atoms with Crippen LogP contribution in [0, 0.1) is 11.3 Å². The summed E-state index contributed by atoms with van der Waals surface area (Å²) in [6.07, 6.45) is -1.81. The molecule has 1 heterocycles. The van der Waals surface area contributed by atoms with Gasteiger partial charge in [0.1, 0.15) is 17.4 Å². The lowest BCUT2D eigenvalue weighted by atomic mass is 10.1. The number of nitrogens with zero attached hydrogens (tertiary/aromatic N) is 2. The second kappa shape index (κ2) is 7.46. The lowest BCUT2D eigenvalue weighted by Crippen LogP contribution is -2.29. The molecule has 8 heteroatoms. The predicted octanol–water partition coefficient (Wildman–Crippen LogP) is 2.67. The fraction of sp³-hybridized carbons (Fsp3) is 0.188. The average molecular weight is 335 g/mol. The summed E-state index contributed by atoms with van der Waals surface area (Å²) in [4.78, 5) is 15.5. The van der Waals surface area contributed by atoms with Crippen LogP contribution in [0.2, 0.25) is 0 Å². The summed E-state index contributed by atoms with van der Waals surface area (Å²) in [6.45, 7) is -0.702. The van der Waals surface area contributed by atoms with Gasteiger partial charge in [-0.2, -0.15) is 18.4 Å². The Morgan fingerprint density at radius 2 is 2.04 bits per heavy atom. The zero-order valence-electron chi connectivity index (χ0n) is 12.3. The Hall–Kier alpha value is -3.08. The number of carbonyl (C=O) groups excluding carboxylic acids is 1. The van der Waals surface area contributed by atoms with Crippen molar-refractivity contribution in [1.82, 2.24) is 10.3 Å². The largest absolute Gasteiger partial charge is 0.482 e. The van der Waals surface area contributed by atoms with E-state index in [0.717, 1.165) is 6.07 Å². The molecular weight excluding hydrogens is 323 g/mol. The molecule has 1 aromatic carbocycles. The van der Waals surface area contributed by atoms with E-state index in [2.05, 4.69) is 10.3 Å². The molecule has 0 saturated heterocycles. The zero-order chi connectivity index (χ0) is 17.6. The lowest BCUT2D eigenvalue weighted by Gasteiger charge is -2.13. The van der Waals surface area contributed by atoms with E-state index < -0.39 is 24.3 Å². The summed E-state index contributed by atoms with van der Waals surface area (Å²) >= 11 is 0. The first-order valence-corrected chi connectivity index (χ1v) is 6.80. The molecule has 0 fully saturated rings. The highest BCUT2D eigenvalue weighted by Crippen LogP contribution is 2.31. The molecule has 0 aliphatic heterocycles. The van der Waals surface area contributed by atoms with E-state index in [4.69, 9.17) is 10.00 Å². The van der Waals surface area contributed by atoms with Gasteiger partial charge in [0.2, 0.25) is 0 Å². The molecule has 0 spiro atoms. The van der Waals surface area contributed by atoms with Crippen LogP contribution >= 0.6 is 0 Å². The number of hydrogen-bond donors (Lipinski definition) is 1. The molecule has 5 nitrogen and oxygen atoms in total. The van der Waals surface area contributed by atoms with Crippen molar-refractivity contribution in [2.45, 2.75) is 12.7 Å². The van der Waals surface area contributed by atoms with E-state index in [0.29, 0.717) is 0 Å². The van der Waals surface area contributed by atoms with Gasteiger partial charge in [-0.3, -0.25) is 9.78 Å². The normalized spacial score (nSPS) is 10.8. The first-order chi connectivity index (χ1) is 11.4. The molecule has 0 bridgehead atoms. The van der Waals surface area contributed by atoms with Crippen LogP contribution in [0.1, 0.15) is 16.7 Å². The SMILES string of the molecule is N#Cc1cnccc1OCC(=O)NCc1ccccc1C(F)(F)F. The highest BCUT2D eigenvalue weighted by Gasteiger charge is 2.32. The van der Waals surface area contributed by atoms with Gasteiger partial charge < -0.3 is 10.1 Å². The minimum atomic E-state index is -4.49. The molecule has 124 valence electrons. The number of alkyl halides is 3. The second-order valence-corrected chi connectivity index (χ2v) is 4.70. The number of benzene rings is 1. The molecule has 0 unspecified atom stereocenters. The minimum absolute atomic E-state index is 0.0417. The van der Waals surface area contributed by atoms with Crippen molar-refractivity contribution in [3.63, 3.8) is 0 Å². The van der Waals surface area contributed by atoms with Gasteiger partial charge in [0.05, 0.1) is 5.56 Å². The van der Waals surface area contributed by atoms with Crippen molar-refractivity contribution in [2.75, 3.05) is 6.61 Å². The number of carbonyl (C=O) groups is 1. The Balaban J connectivity index is 1.94. The van der Waals surface area contributed by atoms with Crippen molar-refractivity contribution in [3.05, 3.63) is 59.4 Å². The topological polar surface area (TPSA) is 75.0 Å². The Morgan fingerprint density at radius 1 is 1.29 bits per heavy atom. The molecule has 2 rings (SSSR count). The molecule has 0 radical (unpaired) electrons. The summed E-state index contributed by atoms with van der Waals surface area (Å²) in [5, 5.41) is 11.2. The third kappa shape index (κ3) is 4.46. The summed E-state index contributed by atoms with van der Waals surface area (Å²) in [5.74, 6) is -0.425. The molecule has 24 heavy (non-hydrogen) atoms. The number of nitrogens with one attached hydrogen (secondary N) is 1. The Labute approximate surface area is 135 Å². The van der Waals surface area contributed by atoms with Gasteiger partial charge in [0.25, 0.3) is 5.91 Å². The van der Waals surface area contributed by atoms with Crippen LogP contribution < -0.4 is 10.1 Å². The van der Waals surface area contributed by atoms with Crippen molar-refractivity contribution < 1.29 is 22.7 Å². The third-order valence-corrected chi connectivity index (χ3v) is 3.06. The van der Waals surface area contributed by atoms with Gasteiger partial charge in [-0.15, -0.1) is 0 Å². The van der Waals surface area contributed by atoms with E-state index >= 15 is 0 Å². The summed E-state index contributed by atoms with van der Waals surface area (Å²) in [6, 6.07) is 8.27. The molecule has 0 aliphatic rings. The number of hydrogen-bond acceptors (Lipinski definition) is 4. The van der Waals surface area contributed by atoms with Crippen LogP contribution in [-0.4, -0.2) is 17.5 Å². The fourth-order valence-electron chi connectivity index (χ4n) is 1.93. The molecule has 1 amide bonds. The molecule has 0 atom stereocenters. The van der Waals surface area contributed by atoms with Crippen molar-refractivity contribution in [2.24, 2.45) is 0 Å². The van der Waals surface area contributed by atoms with Gasteiger partial charge in [-0.25, -0.2) is 0 Å². The number of nitriles is 1. The van der Waals surface area contributed by atoms with E-state index in [-0.39, 0.29) is 23.4 Å². The van der Waals surface area contributed by atoms with Gasteiger partial charge in [0, 0.05) is 18.9 Å². The van der Waals surface area contributed by atoms with E-state index in [1.165, 1.54) is 36.7 Å². The van der Waals surface area contributed by atoms with Gasteiger partial charge in [-0.05, 0) is 17.7 Å². The van der Waals surface area contributed by atoms with Crippen LogP contribution in [-0.2, 0) is 17.5 Å². The first kappa shape index (κ1) is 17.3. The third-order valence-electron chi connectivity index (χ3n) is 3.06. The minimum Gasteiger partial charge on any atom is -0.482 e. The molecule has 0 saturated carbocycles. The summed E-state index contributed by atoms with van der Waals surface area (Å²) < 4.78 is 43.7. The maximum absolute atomic E-state index is 12.9. The molecular formula is C16H12F3N3O2. The monoisotopic (exact) mass is 335 g/mol. The quantitative estimate of drug-likeness (QED) is 0.911. The van der Waals surface area contributed by atoms with E-state index in [9.17, 15) is 18.0 Å². The van der Waals surface area contributed by atoms with Gasteiger partial charge in [0.15, 0.2) is 6.61 Å². The number of pyridine rings is 1. The number of aromatic nitrogens is 1. The lowest BCUT2D eigenvalue weighted by molar-refractivity contribution is -0.138. The highest BCUT2D eigenvalue weighted by molar-refractivity contribution is 5.77. The van der Waals surface area contributed by atoms with Crippen LogP contribution in [0.3, 0.4) is 0 Å². The number of ether oxygens (including phenoxy) is 1.